The minimum Gasteiger partial charge on any atom is -0.329 e. The van der Waals surface area contributed by atoms with E-state index in [9.17, 15) is 0 Å². The van der Waals surface area contributed by atoms with Gasteiger partial charge in [-0.3, -0.25) is 0 Å². The van der Waals surface area contributed by atoms with Crippen molar-refractivity contribution < 1.29 is 0 Å². The molecule has 0 aromatic rings. The first-order valence-corrected chi connectivity index (χ1v) is 3.58. The third-order valence-electron chi connectivity index (χ3n) is 1.63. The van der Waals surface area contributed by atoms with E-state index in [0.717, 1.165) is 6.42 Å². The summed E-state index contributed by atoms with van der Waals surface area (Å²) >= 11 is 0. The van der Waals surface area contributed by atoms with Crippen LogP contribution in [0.15, 0.2) is 0 Å². The summed E-state index contributed by atoms with van der Waals surface area (Å²) in [5.74, 6) is 0. The maximum atomic E-state index is 5.65. The van der Waals surface area contributed by atoms with Crippen LogP contribution in [-0.2, 0) is 0 Å². The van der Waals surface area contributed by atoms with Crippen LogP contribution in [0.1, 0.15) is 19.8 Å². The summed E-state index contributed by atoms with van der Waals surface area (Å²) in [4.78, 5) is 0. The van der Waals surface area contributed by atoms with Crippen LogP contribution in [0.25, 0.3) is 0 Å². The van der Waals surface area contributed by atoms with Crippen LogP contribution in [0.4, 0.5) is 0 Å². The summed E-state index contributed by atoms with van der Waals surface area (Å²) in [5.41, 5.74) is 21.4. The van der Waals surface area contributed by atoms with Crippen LogP contribution in [-0.4, -0.2) is 18.2 Å². The van der Waals surface area contributed by atoms with E-state index in [1.807, 2.05) is 6.92 Å². The Morgan fingerprint density at radius 2 is 1.90 bits per heavy atom. The van der Waals surface area contributed by atoms with Gasteiger partial charge in [0.25, 0.3) is 0 Å². The highest BCUT2D eigenvalue weighted by Crippen LogP contribution is 2.04. The lowest BCUT2D eigenvalue weighted by molar-refractivity contribution is 0.332. The minimum atomic E-state index is -0.788. The molecule has 0 rings (SSSR count). The van der Waals surface area contributed by atoms with Crippen molar-refractivity contribution in [3.05, 3.63) is 0 Å². The highest BCUT2D eigenvalue weighted by molar-refractivity contribution is 4.88. The van der Waals surface area contributed by atoms with E-state index in [1.54, 1.807) is 0 Å². The molecular formula is C6H18N4. The minimum absolute atomic E-state index is 0.299. The predicted molar refractivity (Wildman–Crippen MR) is 43.0 cm³/mol. The molecule has 0 radical (unpaired) electrons. The van der Waals surface area contributed by atoms with Crippen molar-refractivity contribution >= 4 is 0 Å². The number of rotatable bonds is 4. The van der Waals surface area contributed by atoms with Crippen LogP contribution >= 0.6 is 0 Å². The molecule has 1 atom stereocenters. The van der Waals surface area contributed by atoms with Gasteiger partial charge in [-0.15, -0.1) is 0 Å². The topological polar surface area (TPSA) is 104 Å². The second kappa shape index (κ2) is 3.88. The normalized spacial score (nSPS) is 15.3. The van der Waals surface area contributed by atoms with E-state index in [4.69, 9.17) is 22.9 Å². The van der Waals surface area contributed by atoms with Crippen molar-refractivity contribution in [2.24, 2.45) is 22.9 Å². The van der Waals surface area contributed by atoms with Gasteiger partial charge in [-0.1, -0.05) is 13.3 Å². The Labute approximate surface area is 61.9 Å². The zero-order chi connectivity index (χ0) is 8.20. The van der Waals surface area contributed by atoms with Crippen molar-refractivity contribution in [2.75, 3.05) is 6.54 Å². The maximum absolute atomic E-state index is 5.65. The van der Waals surface area contributed by atoms with Gasteiger partial charge < -0.3 is 22.9 Å². The maximum Gasteiger partial charge on any atom is 0.0804 e. The molecule has 62 valence electrons. The number of hydrogen-bond acceptors (Lipinski definition) is 4. The van der Waals surface area contributed by atoms with Crippen molar-refractivity contribution in [1.29, 1.82) is 0 Å². The summed E-state index contributed by atoms with van der Waals surface area (Å²) in [5, 5.41) is 0. The molecule has 0 amide bonds. The first kappa shape index (κ1) is 9.84. The molecule has 0 aliphatic heterocycles. The first-order valence-electron chi connectivity index (χ1n) is 3.58. The van der Waals surface area contributed by atoms with E-state index in [0.29, 0.717) is 13.0 Å². The standard InChI is InChI=1S/C6H18N4/c1-2-3-6(9,10)5(8)4-7/h5H,2-4,7-10H2,1H3. The van der Waals surface area contributed by atoms with Gasteiger partial charge in [0.2, 0.25) is 0 Å². The molecule has 0 aliphatic carbocycles. The van der Waals surface area contributed by atoms with Crippen LogP contribution < -0.4 is 22.9 Å². The summed E-state index contributed by atoms with van der Waals surface area (Å²) in [6, 6.07) is -0.299. The Balaban J connectivity index is 3.82. The van der Waals surface area contributed by atoms with Crippen LogP contribution in [0.5, 0.6) is 0 Å². The summed E-state index contributed by atoms with van der Waals surface area (Å²) in [7, 11) is 0. The number of hydrogen-bond donors (Lipinski definition) is 4. The molecule has 0 spiro atoms. The molecule has 0 saturated carbocycles. The Hall–Kier alpha value is -0.160. The highest BCUT2D eigenvalue weighted by Gasteiger charge is 2.24. The van der Waals surface area contributed by atoms with Crippen LogP contribution in [0.2, 0.25) is 0 Å². The lowest BCUT2D eigenvalue weighted by Gasteiger charge is -2.29. The quantitative estimate of drug-likeness (QED) is 0.369. The van der Waals surface area contributed by atoms with Crippen molar-refractivity contribution in [3.8, 4) is 0 Å². The smallest absolute Gasteiger partial charge is 0.0804 e. The second-order valence-corrected chi connectivity index (χ2v) is 2.70. The molecule has 0 aromatic carbocycles. The van der Waals surface area contributed by atoms with E-state index in [-0.39, 0.29) is 6.04 Å². The summed E-state index contributed by atoms with van der Waals surface area (Å²) < 4.78 is 0. The molecule has 0 heterocycles. The molecular weight excluding hydrogens is 128 g/mol. The fourth-order valence-corrected chi connectivity index (χ4v) is 0.838. The van der Waals surface area contributed by atoms with Gasteiger partial charge in [0.15, 0.2) is 0 Å². The van der Waals surface area contributed by atoms with Crippen LogP contribution in [0.3, 0.4) is 0 Å². The molecule has 0 fully saturated rings. The van der Waals surface area contributed by atoms with Crippen molar-refractivity contribution in [3.63, 3.8) is 0 Å². The highest BCUT2D eigenvalue weighted by atomic mass is 15.0. The first-order chi connectivity index (χ1) is 4.54. The monoisotopic (exact) mass is 146 g/mol. The largest absolute Gasteiger partial charge is 0.329 e. The van der Waals surface area contributed by atoms with Gasteiger partial charge in [0.1, 0.15) is 0 Å². The van der Waals surface area contributed by atoms with Gasteiger partial charge >= 0.3 is 0 Å². The SMILES string of the molecule is CCCC(N)(N)C(N)CN. The van der Waals surface area contributed by atoms with E-state index in [2.05, 4.69) is 0 Å². The van der Waals surface area contributed by atoms with E-state index in [1.165, 1.54) is 0 Å². The molecule has 0 aliphatic rings. The van der Waals surface area contributed by atoms with Crippen molar-refractivity contribution in [2.45, 2.75) is 31.5 Å². The van der Waals surface area contributed by atoms with Gasteiger partial charge in [-0.2, -0.15) is 0 Å². The molecule has 4 heteroatoms. The van der Waals surface area contributed by atoms with Crippen LogP contribution in [0, 0.1) is 0 Å². The van der Waals surface area contributed by atoms with Gasteiger partial charge in [0, 0.05) is 12.6 Å². The summed E-state index contributed by atoms with van der Waals surface area (Å²) in [6.45, 7) is 2.35. The molecule has 1 unspecified atom stereocenters. The lowest BCUT2D eigenvalue weighted by Crippen LogP contribution is -2.64. The Bertz CT molecular complexity index is 91.7. The Kier molecular flexibility index (Phi) is 3.81. The van der Waals surface area contributed by atoms with E-state index >= 15 is 0 Å². The van der Waals surface area contributed by atoms with Crippen molar-refractivity contribution in [1.82, 2.24) is 0 Å². The summed E-state index contributed by atoms with van der Waals surface area (Å²) in [6.07, 6.45) is 1.64. The molecule has 8 N–H and O–H groups in total. The van der Waals surface area contributed by atoms with Gasteiger partial charge in [0.05, 0.1) is 5.66 Å². The molecule has 0 aromatic heterocycles. The molecule has 4 nitrogen and oxygen atoms in total. The zero-order valence-electron chi connectivity index (χ0n) is 6.51. The Morgan fingerprint density at radius 1 is 1.40 bits per heavy atom. The third kappa shape index (κ3) is 2.62. The molecule has 0 saturated heterocycles. The van der Waals surface area contributed by atoms with Gasteiger partial charge in [-0.25, -0.2) is 0 Å². The van der Waals surface area contributed by atoms with Gasteiger partial charge in [-0.05, 0) is 6.42 Å². The molecule has 10 heavy (non-hydrogen) atoms. The number of nitrogens with two attached hydrogens (primary N) is 4. The fourth-order valence-electron chi connectivity index (χ4n) is 0.838. The predicted octanol–water partition coefficient (Wildman–Crippen LogP) is -1.31. The Morgan fingerprint density at radius 3 is 2.20 bits per heavy atom. The average Bonchev–Trinajstić information content (AvgIpc) is 1.86. The third-order valence-corrected chi connectivity index (χ3v) is 1.63. The zero-order valence-corrected chi connectivity index (χ0v) is 6.51. The van der Waals surface area contributed by atoms with E-state index < -0.39 is 5.66 Å². The molecule has 0 bridgehead atoms. The second-order valence-electron chi connectivity index (χ2n) is 2.70. The fraction of sp³-hybridized carbons (Fsp3) is 1.00. The average molecular weight is 146 g/mol. The lowest BCUT2D eigenvalue weighted by atomic mass is 9.98.